The van der Waals surface area contributed by atoms with Crippen molar-refractivity contribution in [2.24, 2.45) is 5.84 Å². The van der Waals surface area contributed by atoms with Gasteiger partial charge in [0.15, 0.2) is 0 Å². The molecule has 0 aliphatic carbocycles. The highest BCUT2D eigenvalue weighted by Gasteiger charge is 2.12. The van der Waals surface area contributed by atoms with Gasteiger partial charge < -0.3 is 5.43 Å². The summed E-state index contributed by atoms with van der Waals surface area (Å²) in [6.45, 7) is 5.73. The summed E-state index contributed by atoms with van der Waals surface area (Å²) in [5.74, 6) is 6.11. The summed E-state index contributed by atoms with van der Waals surface area (Å²) >= 11 is 0. The molecule has 1 aromatic heterocycles. The Kier molecular flexibility index (Phi) is 5.40. The molecule has 0 spiro atoms. The van der Waals surface area contributed by atoms with Crippen LogP contribution >= 0.6 is 0 Å². The van der Waals surface area contributed by atoms with Crippen LogP contribution in [0.3, 0.4) is 0 Å². The monoisotopic (exact) mass is 233 g/mol. The van der Waals surface area contributed by atoms with Crippen LogP contribution in [0.5, 0.6) is 0 Å². The Morgan fingerprint density at radius 1 is 1.59 bits per heavy atom. The second-order valence-electron chi connectivity index (χ2n) is 4.13. The van der Waals surface area contributed by atoms with Crippen molar-refractivity contribution in [3.63, 3.8) is 0 Å². The Hall–Kier alpha value is -1.64. The Morgan fingerprint density at radius 3 is 2.94 bits per heavy atom. The fraction of sp³-hybridized carbons (Fsp3) is 0.500. The van der Waals surface area contributed by atoms with Crippen molar-refractivity contribution in [3.05, 3.63) is 23.9 Å². The number of nitrogens with two attached hydrogens (primary N) is 1. The number of nitriles is 1. The van der Waals surface area contributed by atoms with E-state index in [0.29, 0.717) is 18.3 Å². The molecular weight excluding hydrogens is 214 g/mol. The van der Waals surface area contributed by atoms with E-state index in [0.717, 1.165) is 18.7 Å². The molecule has 1 rings (SSSR count). The van der Waals surface area contributed by atoms with E-state index >= 15 is 0 Å². The van der Waals surface area contributed by atoms with Crippen molar-refractivity contribution in [3.8, 4) is 6.07 Å². The maximum Gasteiger partial charge on any atom is 0.144 e. The molecular formula is C12H19N5. The van der Waals surface area contributed by atoms with Crippen molar-refractivity contribution in [1.82, 2.24) is 9.88 Å². The number of pyridine rings is 1. The molecule has 0 bridgehead atoms. The van der Waals surface area contributed by atoms with E-state index in [1.54, 1.807) is 6.20 Å². The third-order valence-corrected chi connectivity index (χ3v) is 2.64. The lowest BCUT2D eigenvalue weighted by atomic mass is 10.2. The molecule has 5 nitrogen and oxygen atoms in total. The highest BCUT2D eigenvalue weighted by Crippen LogP contribution is 2.14. The first kappa shape index (κ1) is 13.4. The van der Waals surface area contributed by atoms with Crippen molar-refractivity contribution < 1.29 is 0 Å². The van der Waals surface area contributed by atoms with Crippen LogP contribution in [0.2, 0.25) is 0 Å². The lowest BCUT2D eigenvalue weighted by Gasteiger charge is -2.26. The van der Waals surface area contributed by atoms with Crippen molar-refractivity contribution in [1.29, 1.82) is 5.26 Å². The molecule has 0 unspecified atom stereocenters. The number of anilines is 1. The van der Waals surface area contributed by atoms with Crippen LogP contribution in [0, 0.1) is 11.3 Å². The van der Waals surface area contributed by atoms with E-state index < -0.39 is 0 Å². The Balaban J connectivity index is 2.75. The van der Waals surface area contributed by atoms with E-state index in [2.05, 4.69) is 35.2 Å². The summed E-state index contributed by atoms with van der Waals surface area (Å²) in [5, 5.41) is 8.64. The number of hydrazine groups is 1. The van der Waals surface area contributed by atoms with Gasteiger partial charge in [-0.3, -0.25) is 4.90 Å². The minimum atomic E-state index is 0.384. The van der Waals surface area contributed by atoms with Gasteiger partial charge in [0, 0.05) is 37.3 Å². The highest BCUT2D eigenvalue weighted by molar-refractivity contribution is 5.42. The molecule has 0 aromatic carbocycles. The summed E-state index contributed by atoms with van der Waals surface area (Å²) in [5.41, 5.74) is 3.64. The number of aromatic nitrogens is 1. The molecule has 0 aliphatic rings. The molecule has 1 aromatic rings. The van der Waals surface area contributed by atoms with Crippen molar-refractivity contribution >= 4 is 5.82 Å². The standard InChI is InChI=1S/C12H19N5/c1-10(2)17(8-4-6-13)9-11-5-3-7-15-12(11)16-14/h3,5,7,10H,4,8-9,14H2,1-2H3,(H,15,16). The predicted molar refractivity (Wildman–Crippen MR) is 67.8 cm³/mol. The third kappa shape index (κ3) is 4.02. The van der Waals surface area contributed by atoms with E-state index in [4.69, 9.17) is 11.1 Å². The molecule has 0 atom stereocenters. The normalized spacial score (nSPS) is 10.6. The number of nitrogens with one attached hydrogen (secondary N) is 1. The topological polar surface area (TPSA) is 78.0 Å². The maximum absolute atomic E-state index is 8.64. The molecule has 0 fully saturated rings. The van der Waals surface area contributed by atoms with E-state index in [1.165, 1.54) is 0 Å². The second kappa shape index (κ2) is 6.84. The molecule has 5 heteroatoms. The first-order chi connectivity index (χ1) is 8.19. The summed E-state index contributed by atoms with van der Waals surface area (Å²) < 4.78 is 0. The van der Waals surface area contributed by atoms with Crippen molar-refractivity contribution in [2.45, 2.75) is 32.9 Å². The number of nitrogens with zero attached hydrogens (tertiary/aromatic N) is 3. The maximum atomic E-state index is 8.64. The molecule has 0 amide bonds. The summed E-state index contributed by atoms with van der Waals surface area (Å²) in [4.78, 5) is 6.39. The average Bonchev–Trinajstić information content (AvgIpc) is 2.34. The van der Waals surface area contributed by atoms with Crippen LogP contribution in [0.25, 0.3) is 0 Å². The van der Waals surface area contributed by atoms with Gasteiger partial charge in [-0.25, -0.2) is 10.8 Å². The van der Waals surface area contributed by atoms with Gasteiger partial charge in [-0.15, -0.1) is 0 Å². The number of nitrogen functional groups attached to an aromatic ring is 1. The van der Waals surface area contributed by atoms with Gasteiger partial charge >= 0.3 is 0 Å². The fourth-order valence-corrected chi connectivity index (χ4v) is 1.63. The van der Waals surface area contributed by atoms with Gasteiger partial charge in [0.1, 0.15) is 5.82 Å². The number of hydrogen-bond acceptors (Lipinski definition) is 5. The smallest absolute Gasteiger partial charge is 0.144 e. The molecule has 3 N–H and O–H groups in total. The summed E-state index contributed by atoms with van der Waals surface area (Å²) in [6, 6.07) is 6.43. The molecule has 0 radical (unpaired) electrons. The van der Waals surface area contributed by atoms with Crippen LogP contribution in [0.15, 0.2) is 18.3 Å². The molecule has 92 valence electrons. The zero-order chi connectivity index (χ0) is 12.7. The van der Waals surface area contributed by atoms with Gasteiger partial charge in [0.05, 0.1) is 6.07 Å². The van der Waals surface area contributed by atoms with Gasteiger partial charge in [0.25, 0.3) is 0 Å². The zero-order valence-corrected chi connectivity index (χ0v) is 10.3. The Bertz CT molecular complexity index is 383. The second-order valence-corrected chi connectivity index (χ2v) is 4.13. The quantitative estimate of drug-likeness (QED) is 0.575. The van der Waals surface area contributed by atoms with Gasteiger partial charge in [-0.2, -0.15) is 5.26 Å². The Morgan fingerprint density at radius 2 is 2.35 bits per heavy atom. The Labute approximate surface area is 102 Å². The van der Waals surface area contributed by atoms with Gasteiger partial charge in [0.2, 0.25) is 0 Å². The molecule has 0 saturated carbocycles. The summed E-state index contributed by atoms with van der Waals surface area (Å²) in [7, 11) is 0. The van der Waals surface area contributed by atoms with Gasteiger partial charge in [-0.1, -0.05) is 6.07 Å². The zero-order valence-electron chi connectivity index (χ0n) is 10.3. The van der Waals surface area contributed by atoms with Crippen molar-refractivity contribution in [2.75, 3.05) is 12.0 Å². The largest absolute Gasteiger partial charge is 0.308 e. The van der Waals surface area contributed by atoms with Crippen LogP contribution in [-0.4, -0.2) is 22.5 Å². The highest BCUT2D eigenvalue weighted by atomic mass is 15.3. The molecule has 0 aliphatic heterocycles. The molecule has 1 heterocycles. The van der Waals surface area contributed by atoms with Crippen LogP contribution in [0.4, 0.5) is 5.82 Å². The third-order valence-electron chi connectivity index (χ3n) is 2.64. The lowest BCUT2D eigenvalue weighted by molar-refractivity contribution is 0.218. The minimum absolute atomic E-state index is 0.384. The fourth-order valence-electron chi connectivity index (χ4n) is 1.63. The van der Waals surface area contributed by atoms with E-state index in [9.17, 15) is 0 Å². The molecule has 17 heavy (non-hydrogen) atoms. The van der Waals surface area contributed by atoms with Crippen LogP contribution in [-0.2, 0) is 6.54 Å². The van der Waals surface area contributed by atoms with E-state index in [-0.39, 0.29) is 0 Å². The van der Waals surface area contributed by atoms with Crippen LogP contribution in [0.1, 0.15) is 25.8 Å². The average molecular weight is 233 g/mol. The predicted octanol–water partition coefficient (Wildman–Crippen LogP) is 1.49. The van der Waals surface area contributed by atoms with Crippen LogP contribution < -0.4 is 11.3 Å². The number of hydrogen-bond donors (Lipinski definition) is 2. The lowest BCUT2D eigenvalue weighted by Crippen LogP contribution is -2.31. The first-order valence-electron chi connectivity index (χ1n) is 5.70. The summed E-state index contributed by atoms with van der Waals surface area (Å²) in [6.07, 6.45) is 2.23. The van der Waals surface area contributed by atoms with E-state index in [1.807, 2.05) is 12.1 Å². The van der Waals surface area contributed by atoms with Gasteiger partial charge in [-0.05, 0) is 19.9 Å². The minimum Gasteiger partial charge on any atom is -0.308 e. The number of rotatable bonds is 6. The SMILES string of the molecule is CC(C)N(CCC#N)Cc1cccnc1NN. The first-order valence-corrected chi connectivity index (χ1v) is 5.70. The molecule has 0 saturated heterocycles.